The van der Waals surface area contributed by atoms with Crippen molar-refractivity contribution in [2.75, 3.05) is 7.05 Å². The zero-order valence-corrected chi connectivity index (χ0v) is 8.54. The molecule has 0 amide bonds. The SMILES string of the molecule is C=C1C=CC(N/C=C\C(C)=N)=CN1C. The second kappa shape index (κ2) is 4.46. The van der Waals surface area contributed by atoms with Gasteiger partial charge >= 0.3 is 0 Å². The van der Waals surface area contributed by atoms with Crippen LogP contribution in [-0.2, 0) is 0 Å². The summed E-state index contributed by atoms with van der Waals surface area (Å²) in [6.45, 7) is 5.59. The molecule has 3 nitrogen and oxygen atoms in total. The van der Waals surface area contributed by atoms with Crippen LogP contribution in [0.1, 0.15) is 6.92 Å². The molecule has 0 spiro atoms. The maximum Gasteiger partial charge on any atom is 0.0545 e. The van der Waals surface area contributed by atoms with Gasteiger partial charge in [0.25, 0.3) is 0 Å². The van der Waals surface area contributed by atoms with Crippen LogP contribution in [0.3, 0.4) is 0 Å². The predicted octanol–water partition coefficient (Wildman–Crippen LogP) is 1.99. The van der Waals surface area contributed by atoms with Crippen molar-refractivity contribution in [2.24, 2.45) is 0 Å². The fraction of sp³-hybridized carbons (Fsp3) is 0.182. The average Bonchev–Trinajstić information content (AvgIpc) is 2.10. The lowest BCUT2D eigenvalue weighted by Crippen LogP contribution is -2.16. The fourth-order valence-electron chi connectivity index (χ4n) is 0.986. The zero-order chi connectivity index (χ0) is 10.6. The number of allylic oxidation sites excluding steroid dienone is 3. The van der Waals surface area contributed by atoms with Gasteiger partial charge in [0.2, 0.25) is 0 Å². The van der Waals surface area contributed by atoms with Crippen molar-refractivity contribution in [1.29, 1.82) is 5.41 Å². The molecule has 0 aromatic rings. The van der Waals surface area contributed by atoms with Gasteiger partial charge in [0.15, 0.2) is 0 Å². The highest BCUT2D eigenvalue weighted by Gasteiger charge is 2.01. The van der Waals surface area contributed by atoms with Crippen molar-refractivity contribution in [3.8, 4) is 0 Å². The third kappa shape index (κ3) is 2.94. The Kier molecular flexibility index (Phi) is 3.29. The minimum atomic E-state index is 0.524. The largest absolute Gasteiger partial charge is 0.360 e. The first-order valence-electron chi connectivity index (χ1n) is 4.39. The summed E-state index contributed by atoms with van der Waals surface area (Å²) in [7, 11) is 1.94. The molecule has 74 valence electrons. The summed E-state index contributed by atoms with van der Waals surface area (Å²) in [5, 5.41) is 10.3. The normalized spacial score (nSPS) is 16.0. The summed E-state index contributed by atoms with van der Waals surface area (Å²) >= 11 is 0. The van der Waals surface area contributed by atoms with E-state index >= 15 is 0 Å². The van der Waals surface area contributed by atoms with E-state index < -0.39 is 0 Å². The lowest BCUT2D eigenvalue weighted by molar-refractivity contribution is 0.576. The van der Waals surface area contributed by atoms with E-state index in [0.717, 1.165) is 11.4 Å². The molecule has 0 aromatic heterocycles. The molecular formula is C11H15N3. The van der Waals surface area contributed by atoms with Crippen LogP contribution in [0.5, 0.6) is 0 Å². The molecular weight excluding hydrogens is 174 g/mol. The third-order valence-electron chi connectivity index (χ3n) is 1.82. The molecule has 0 atom stereocenters. The van der Waals surface area contributed by atoms with Crippen molar-refractivity contribution < 1.29 is 0 Å². The Morgan fingerprint density at radius 1 is 1.57 bits per heavy atom. The highest BCUT2D eigenvalue weighted by atomic mass is 15.1. The zero-order valence-electron chi connectivity index (χ0n) is 8.54. The summed E-state index contributed by atoms with van der Waals surface area (Å²) in [5.41, 5.74) is 2.47. The van der Waals surface area contributed by atoms with Crippen LogP contribution < -0.4 is 5.32 Å². The van der Waals surface area contributed by atoms with Crippen LogP contribution in [0, 0.1) is 5.41 Å². The van der Waals surface area contributed by atoms with E-state index in [1.807, 2.05) is 30.3 Å². The monoisotopic (exact) mass is 189 g/mol. The van der Waals surface area contributed by atoms with Gasteiger partial charge in [0, 0.05) is 30.9 Å². The number of rotatable bonds is 3. The Morgan fingerprint density at radius 3 is 2.86 bits per heavy atom. The summed E-state index contributed by atoms with van der Waals surface area (Å²) in [6.07, 6.45) is 9.30. The smallest absolute Gasteiger partial charge is 0.0545 e. The van der Waals surface area contributed by atoms with Crippen molar-refractivity contribution in [1.82, 2.24) is 10.2 Å². The summed E-state index contributed by atoms with van der Waals surface area (Å²) in [6, 6.07) is 0. The number of hydrogen-bond donors (Lipinski definition) is 2. The second-order valence-electron chi connectivity index (χ2n) is 3.18. The van der Waals surface area contributed by atoms with Gasteiger partial charge in [-0.1, -0.05) is 6.58 Å². The van der Waals surface area contributed by atoms with Gasteiger partial charge in [-0.05, 0) is 25.2 Å². The van der Waals surface area contributed by atoms with Crippen molar-refractivity contribution in [3.05, 3.63) is 48.6 Å². The number of nitrogens with zero attached hydrogens (tertiary/aromatic N) is 1. The molecule has 0 aliphatic carbocycles. The first-order chi connectivity index (χ1) is 6.59. The molecule has 0 saturated heterocycles. The maximum absolute atomic E-state index is 7.19. The maximum atomic E-state index is 7.19. The van der Waals surface area contributed by atoms with Crippen molar-refractivity contribution >= 4 is 5.71 Å². The molecule has 1 aliphatic heterocycles. The highest BCUT2D eigenvalue weighted by Crippen LogP contribution is 2.10. The van der Waals surface area contributed by atoms with Crippen LogP contribution in [0.25, 0.3) is 0 Å². The van der Waals surface area contributed by atoms with Gasteiger partial charge in [-0.3, -0.25) is 0 Å². The summed E-state index contributed by atoms with van der Waals surface area (Å²) in [5.74, 6) is 0. The second-order valence-corrected chi connectivity index (χ2v) is 3.18. The van der Waals surface area contributed by atoms with E-state index in [1.54, 1.807) is 19.2 Å². The Morgan fingerprint density at radius 2 is 2.29 bits per heavy atom. The quantitative estimate of drug-likeness (QED) is 0.666. The lowest BCUT2D eigenvalue weighted by Gasteiger charge is -2.19. The lowest BCUT2D eigenvalue weighted by atomic mass is 10.2. The first kappa shape index (κ1) is 10.3. The standard InChI is InChI=1S/C11H15N3/c1-9(12)6-7-13-11-5-4-10(2)14(3)8-11/h4-8,12-13H,2H2,1,3H3/b7-6-,12-9?. The van der Waals surface area contributed by atoms with Crippen LogP contribution in [0.15, 0.2) is 48.6 Å². The van der Waals surface area contributed by atoms with Gasteiger partial charge in [-0.2, -0.15) is 0 Å². The molecule has 1 aliphatic rings. The van der Waals surface area contributed by atoms with E-state index in [4.69, 9.17) is 5.41 Å². The van der Waals surface area contributed by atoms with Crippen molar-refractivity contribution in [2.45, 2.75) is 6.92 Å². The predicted molar refractivity (Wildman–Crippen MR) is 59.8 cm³/mol. The molecule has 0 saturated carbocycles. The van der Waals surface area contributed by atoms with Gasteiger partial charge in [-0.25, -0.2) is 0 Å². The summed E-state index contributed by atoms with van der Waals surface area (Å²) < 4.78 is 0. The Balaban J connectivity index is 2.55. The van der Waals surface area contributed by atoms with E-state index in [0.29, 0.717) is 5.71 Å². The van der Waals surface area contributed by atoms with E-state index in [1.165, 1.54) is 0 Å². The van der Waals surface area contributed by atoms with E-state index in [-0.39, 0.29) is 0 Å². The molecule has 14 heavy (non-hydrogen) atoms. The topological polar surface area (TPSA) is 39.1 Å². The molecule has 0 fully saturated rings. The Labute approximate surface area is 84.6 Å². The van der Waals surface area contributed by atoms with Gasteiger partial charge in [0.05, 0.1) is 5.70 Å². The first-order valence-corrected chi connectivity index (χ1v) is 4.39. The minimum Gasteiger partial charge on any atom is -0.360 e. The van der Waals surface area contributed by atoms with Gasteiger partial charge in [-0.15, -0.1) is 0 Å². The van der Waals surface area contributed by atoms with E-state index in [9.17, 15) is 0 Å². The molecule has 0 radical (unpaired) electrons. The molecule has 1 heterocycles. The molecule has 2 N–H and O–H groups in total. The van der Waals surface area contributed by atoms with Crippen LogP contribution >= 0.6 is 0 Å². The van der Waals surface area contributed by atoms with Gasteiger partial charge in [0.1, 0.15) is 0 Å². The molecule has 0 aromatic carbocycles. The van der Waals surface area contributed by atoms with Crippen LogP contribution in [0.4, 0.5) is 0 Å². The highest BCUT2D eigenvalue weighted by molar-refractivity contribution is 5.89. The molecule has 0 unspecified atom stereocenters. The minimum absolute atomic E-state index is 0.524. The average molecular weight is 189 g/mol. The van der Waals surface area contributed by atoms with Crippen LogP contribution in [-0.4, -0.2) is 17.7 Å². The number of nitrogens with one attached hydrogen (secondary N) is 2. The summed E-state index contributed by atoms with van der Waals surface area (Å²) in [4.78, 5) is 1.94. The number of hydrogen-bond acceptors (Lipinski definition) is 3. The molecule has 3 heteroatoms. The van der Waals surface area contributed by atoms with E-state index in [2.05, 4.69) is 11.9 Å². The molecule has 0 bridgehead atoms. The number of likely N-dealkylation sites (N-methyl/N-ethyl adjacent to an activating group) is 1. The van der Waals surface area contributed by atoms with Crippen molar-refractivity contribution in [3.63, 3.8) is 0 Å². The Bertz CT molecular complexity index is 334. The van der Waals surface area contributed by atoms with Crippen LogP contribution in [0.2, 0.25) is 0 Å². The molecule has 1 rings (SSSR count). The Hall–Kier alpha value is -1.77. The third-order valence-corrected chi connectivity index (χ3v) is 1.82. The fourth-order valence-corrected chi connectivity index (χ4v) is 0.986. The van der Waals surface area contributed by atoms with Gasteiger partial charge < -0.3 is 15.6 Å².